The highest BCUT2D eigenvalue weighted by atomic mass is 16.5. The highest BCUT2D eigenvalue weighted by Crippen LogP contribution is 2.32. The van der Waals surface area contributed by atoms with Crippen molar-refractivity contribution in [3.8, 4) is 11.4 Å². The van der Waals surface area contributed by atoms with Crippen LogP contribution in [0.5, 0.6) is 0 Å². The Morgan fingerprint density at radius 1 is 1.36 bits per heavy atom. The van der Waals surface area contributed by atoms with Crippen LogP contribution in [0.25, 0.3) is 11.4 Å². The van der Waals surface area contributed by atoms with Crippen molar-refractivity contribution < 1.29 is 18.8 Å². The molecule has 3 rings (SSSR count). The third kappa shape index (κ3) is 3.00. The summed E-state index contributed by atoms with van der Waals surface area (Å²) in [5.41, 5.74) is 0.284. The molecule has 1 aromatic heterocycles. The van der Waals surface area contributed by atoms with Crippen molar-refractivity contribution in [2.75, 3.05) is 27.3 Å². The number of carbonyl (C=O) groups excluding carboxylic acids is 2. The first-order valence-corrected chi connectivity index (χ1v) is 8.02. The van der Waals surface area contributed by atoms with E-state index in [-0.39, 0.29) is 18.4 Å². The van der Waals surface area contributed by atoms with Gasteiger partial charge in [-0.15, -0.1) is 0 Å². The van der Waals surface area contributed by atoms with Gasteiger partial charge in [0.15, 0.2) is 0 Å². The van der Waals surface area contributed by atoms with Gasteiger partial charge in [-0.05, 0) is 25.0 Å². The molecule has 1 fully saturated rings. The number of carbonyl (C=O) groups is 2. The van der Waals surface area contributed by atoms with E-state index in [2.05, 4.69) is 15.5 Å². The molecule has 0 aliphatic carbocycles. The van der Waals surface area contributed by atoms with Gasteiger partial charge < -0.3 is 19.5 Å². The number of hydrogen-bond acceptors (Lipinski definition) is 6. The summed E-state index contributed by atoms with van der Waals surface area (Å²) >= 11 is 0. The Morgan fingerprint density at radius 3 is 2.72 bits per heavy atom. The van der Waals surface area contributed by atoms with Crippen molar-refractivity contribution in [3.05, 3.63) is 36.2 Å². The van der Waals surface area contributed by atoms with E-state index < -0.39 is 5.54 Å². The highest BCUT2D eigenvalue weighted by Gasteiger charge is 2.49. The third-order valence-corrected chi connectivity index (χ3v) is 4.52. The largest absolute Gasteiger partial charge is 0.382 e. The zero-order valence-electron chi connectivity index (χ0n) is 14.2. The van der Waals surface area contributed by atoms with Gasteiger partial charge in [-0.25, -0.2) is 0 Å². The Balaban J connectivity index is 1.87. The van der Waals surface area contributed by atoms with Gasteiger partial charge in [0.2, 0.25) is 18.1 Å². The minimum Gasteiger partial charge on any atom is -0.382 e. The number of amides is 2. The molecule has 0 spiro atoms. The number of likely N-dealkylation sites (N-methyl/N-ethyl adjacent to an activating group) is 1. The number of methoxy groups -OCH3 is 1. The lowest BCUT2D eigenvalue weighted by Gasteiger charge is -2.36. The number of benzene rings is 1. The Hall–Kier alpha value is -2.74. The Morgan fingerprint density at radius 2 is 2.12 bits per heavy atom. The number of ether oxygens (including phenoxy) is 1. The van der Waals surface area contributed by atoms with E-state index in [0.29, 0.717) is 24.4 Å². The minimum atomic E-state index is -0.965. The van der Waals surface area contributed by atoms with Crippen LogP contribution in [-0.2, 0) is 9.53 Å². The lowest BCUT2D eigenvalue weighted by Crippen LogP contribution is -2.59. The lowest BCUT2D eigenvalue weighted by molar-refractivity contribution is -0.133. The first-order chi connectivity index (χ1) is 12.1. The maximum atomic E-state index is 13.0. The highest BCUT2D eigenvalue weighted by molar-refractivity contribution is 6.00. The smallest absolute Gasteiger partial charge is 0.254 e. The van der Waals surface area contributed by atoms with E-state index in [0.717, 1.165) is 12.0 Å². The number of nitrogens with zero attached hydrogens (tertiary/aromatic N) is 3. The summed E-state index contributed by atoms with van der Waals surface area (Å²) in [6.45, 7) is 0.682. The molecule has 25 heavy (non-hydrogen) atoms. The fourth-order valence-electron chi connectivity index (χ4n) is 3.31. The fraction of sp³-hybridized carbons (Fsp3) is 0.412. The second kappa shape index (κ2) is 7.02. The molecule has 1 N–H and O–H groups in total. The van der Waals surface area contributed by atoms with Crippen LogP contribution in [0.2, 0.25) is 0 Å². The third-order valence-electron chi connectivity index (χ3n) is 4.52. The van der Waals surface area contributed by atoms with E-state index in [1.807, 2.05) is 0 Å². The van der Waals surface area contributed by atoms with Gasteiger partial charge >= 0.3 is 0 Å². The molecule has 2 aromatic rings. The van der Waals surface area contributed by atoms with Crippen LogP contribution in [0.15, 0.2) is 35.2 Å². The molecule has 1 atom stereocenters. The first kappa shape index (κ1) is 17.1. The topological polar surface area (TPSA) is 97.6 Å². The predicted molar refractivity (Wildman–Crippen MR) is 88.7 cm³/mol. The SMILES string of the molecule is CNC(=O)C1(COC)CCCN1C(=O)c1ccc(-c2ncon2)cc1. The molecule has 1 aliphatic heterocycles. The summed E-state index contributed by atoms with van der Waals surface area (Å²) < 4.78 is 9.98. The molecule has 2 amide bonds. The summed E-state index contributed by atoms with van der Waals surface area (Å²) in [5, 5.41) is 6.43. The van der Waals surface area contributed by atoms with Gasteiger partial charge in [-0.1, -0.05) is 17.3 Å². The zero-order chi connectivity index (χ0) is 17.9. The van der Waals surface area contributed by atoms with Crippen molar-refractivity contribution in [3.63, 3.8) is 0 Å². The summed E-state index contributed by atoms with van der Waals surface area (Å²) in [6, 6.07) is 6.92. The summed E-state index contributed by atoms with van der Waals surface area (Å²) in [6.07, 6.45) is 2.58. The van der Waals surface area contributed by atoms with Crippen molar-refractivity contribution in [1.82, 2.24) is 20.4 Å². The van der Waals surface area contributed by atoms with Crippen LogP contribution in [0.3, 0.4) is 0 Å². The summed E-state index contributed by atoms with van der Waals surface area (Å²) in [5.74, 6) is 0.0562. The van der Waals surface area contributed by atoms with Crippen LogP contribution >= 0.6 is 0 Å². The normalized spacial score (nSPS) is 19.8. The standard InChI is InChI=1S/C17H20N4O4/c1-18-16(23)17(10-24-2)8-3-9-21(17)15(22)13-6-4-12(5-7-13)14-19-11-25-20-14/h4-7,11H,3,8-10H2,1-2H3,(H,18,23). The van der Waals surface area contributed by atoms with Gasteiger partial charge in [0.25, 0.3) is 5.91 Å². The number of rotatable bonds is 5. The van der Waals surface area contributed by atoms with Crippen LogP contribution in [0.1, 0.15) is 23.2 Å². The van der Waals surface area contributed by atoms with Gasteiger partial charge in [-0.3, -0.25) is 9.59 Å². The number of hydrogen-bond donors (Lipinski definition) is 1. The molecule has 1 saturated heterocycles. The molecule has 0 saturated carbocycles. The molecular formula is C17H20N4O4. The second-order valence-corrected chi connectivity index (χ2v) is 5.94. The molecule has 8 heteroatoms. The maximum absolute atomic E-state index is 13.0. The van der Waals surface area contributed by atoms with Crippen molar-refractivity contribution >= 4 is 11.8 Å². The molecule has 8 nitrogen and oxygen atoms in total. The van der Waals surface area contributed by atoms with Gasteiger partial charge in [0.05, 0.1) is 6.61 Å². The minimum absolute atomic E-state index is 0.166. The van der Waals surface area contributed by atoms with E-state index in [9.17, 15) is 9.59 Å². The molecule has 0 bridgehead atoms. The molecule has 2 heterocycles. The van der Waals surface area contributed by atoms with Crippen molar-refractivity contribution in [1.29, 1.82) is 0 Å². The number of nitrogens with one attached hydrogen (secondary N) is 1. The molecule has 1 aromatic carbocycles. The lowest BCUT2D eigenvalue weighted by atomic mass is 9.95. The molecule has 0 radical (unpaired) electrons. The average Bonchev–Trinajstić information content (AvgIpc) is 3.31. The number of likely N-dealkylation sites (tertiary alicyclic amines) is 1. The zero-order valence-corrected chi connectivity index (χ0v) is 14.2. The van der Waals surface area contributed by atoms with Crippen molar-refractivity contribution in [2.45, 2.75) is 18.4 Å². The predicted octanol–water partition coefficient (Wildman–Crippen LogP) is 1.10. The fourth-order valence-corrected chi connectivity index (χ4v) is 3.31. The monoisotopic (exact) mass is 344 g/mol. The molecular weight excluding hydrogens is 324 g/mol. The molecule has 1 aliphatic rings. The Bertz CT molecular complexity index is 745. The summed E-state index contributed by atoms with van der Waals surface area (Å²) in [7, 11) is 3.10. The first-order valence-electron chi connectivity index (χ1n) is 8.02. The van der Waals surface area contributed by atoms with E-state index in [1.165, 1.54) is 13.5 Å². The van der Waals surface area contributed by atoms with Crippen LogP contribution in [0, 0.1) is 0 Å². The van der Waals surface area contributed by atoms with Gasteiger partial charge in [-0.2, -0.15) is 4.98 Å². The summed E-state index contributed by atoms with van der Waals surface area (Å²) in [4.78, 5) is 31.1. The van der Waals surface area contributed by atoms with Gasteiger partial charge in [0, 0.05) is 31.8 Å². The maximum Gasteiger partial charge on any atom is 0.254 e. The second-order valence-electron chi connectivity index (χ2n) is 5.94. The average molecular weight is 344 g/mol. The Labute approximate surface area is 145 Å². The van der Waals surface area contributed by atoms with Crippen molar-refractivity contribution in [2.24, 2.45) is 0 Å². The van der Waals surface area contributed by atoms with Crippen LogP contribution in [0.4, 0.5) is 0 Å². The molecule has 132 valence electrons. The van der Waals surface area contributed by atoms with E-state index >= 15 is 0 Å². The Kier molecular flexibility index (Phi) is 4.80. The van der Waals surface area contributed by atoms with Gasteiger partial charge in [0.1, 0.15) is 5.54 Å². The van der Waals surface area contributed by atoms with E-state index in [4.69, 9.17) is 9.26 Å². The van der Waals surface area contributed by atoms with E-state index in [1.54, 1.807) is 36.2 Å². The number of aromatic nitrogens is 2. The van der Waals surface area contributed by atoms with Crippen LogP contribution in [-0.4, -0.2) is 59.7 Å². The molecule has 1 unspecified atom stereocenters. The van der Waals surface area contributed by atoms with Crippen LogP contribution < -0.4 is 5.32 Å². The quantitative estimate of drug-likeness (QED) is 0.872.